The van der Waals surface area contributed by atoms with Crippen LogP contribution in [-0.4, -0.2) is 37.9 Å². The molecule has 6 nitrogen and oxygen atoms in total. The Bertz CT molecular complexity index is 325. The van der Waals surface area contributed by atoms with Gasteiger partial charge in [-0.3, -0.25) is 4.79 Å². The lowest BCUT2D eigenvalue weighted by atomic mass is 10.4. The van der Waals surface area contributed by atoms with Crippen molar-refractivity contribution in [1.82, 2.24) is 15.8 Å². The maximum absolute atomic E-state index is 11.2. The summed E-state index contributed by atoms with van der Waals surface area (Å²) in [5.74, 6) is 0.707. The predicted octanol–water partition coefficient (Wildman–Crippen LogP) is -0.165. The summed E-state index contributed by atoms with van der Waals surface area (Å²) in [4.78, 5) is 11.2. The van der Waals surface area contributed by atoms with Crippen LogP contribution in [-0.2, 0) is 16.1 Å². The summed E-state index contributed by atoms with van der Waals surface area (Å²) < 4.78 is 9.71. The van der Waals surface area contributed by atoms with Crippen molar-refractivity contribution in [3.63, 3.8) is 0 Å². The van der Waals surface area contributed by atoms with Gasteiger partial charge in [0.05, 0.1) is 18.8 Å². The molecule has 0 saturated carbocycles. The summed E-state index contributed by atoms with van der Waals surface area (Å²) in [6, 6.07) is 1.83. The highest BCUT2D eigenvalue weighted by molar-refractivity contribution is 5.77. The lowest BCUT2D eigenvalue weighted by Gasteiger charge is -2.04. The Morgan fingerprint density at radius 2 is 2.44 bits per heavy atom. The van der Waals surface area contributed by atoms with Crippen molar-refractivity contribution < 1.29 is 14.1 Å². The smallest absolute Gasteiger partial charge is 0.234 e. The molecule has 6 heteroatoms. The number of aromatic nitrogens is 1. The van der Waals surface area contributed by atoms with Gasteiger partial charge >= 0.3 is 0 Å². The molecule has 0 unspecified atom stereocenters. The van der Waals surface area contributed by atoms with Gasteiger partial charge in [0.15, 0.2) is 0 Å². The van der Waals surface area contributed by atoms with Gasteiger partial charge in [-0.25, -0.2) is 0 Å². The maximum Gasteiger partial charge on any atom is 0.234 e. The minimum absolute atomic E-state index is 0.0581. The topological polar surface area (TPSA) is 76.4 Å². The average Bonchev–Trinajstić information content (AvgIpc) is 2.65. The molecule has 2 N–H and O–H groups in total. The highest BCUT2D eigenvalue weighted by Gasteiger charge is 2.02. The molecule has 0 bridgehead atoms. The summed E-state index contributed by atoms with van der Waals surface area (Å²) in [6.45, 7) is 3.66. The van der Waals surface area contributed by atoms with E-state index in [2.05, 4.69) is 15.8 Å². The SMILES string of the molecule is COCCNC(=O)CNCc1cc(C)on1. The quantitative estimate of drug-likeness (QED) is 0.633. The summed E-state index contributed by atoms with van der Waals surface area (Å²) in [7, 11) is 1.59. The highest BCUT2D eigenvalue weighted by Crippen LogP contribution is 1.99. The Balaban J connectivity index is 2.08. The van der Waals surface area contributed by atoms with Crippen LogP contribution in [0.15, 0.2) is 10.6 Å². The summed E-state index contributed by atoms with van der Waals surface area (Å²) in [6.07, 6.45) is 0. The maximum atomic E-state index is 11.2. The van der Waals surface area contributed by atoms with Crippen molar-refractivity contribution in [2.45, 2.75) is 13.5 Å². The molecule has 0 aliphatic carbocycles. The van der Waals surface area contributed by atoms with Gasteiger partial charge in [0.2, 0.25) is 5.91 Å². The molecule has 0 aliphatic heterocycles. The average molecular weight is 227 g/mol. The fourth-order valence-electron chi connectivity index (χ4n) is 1.16. The van der Waals surface area contributed by atoms with Gasteiger partial charge in [-0.2, -0.15) is 0 Å². The molecule has 0 atom stereocenters. The first-order valence-electron chi connectivity index (χ1n) is 5.11. The summed E-state index contributed by atoms with van der Waals surface area (Å²) >= 11 is 0. The molecular formula is C10H17N3O3. The fraction of sp³-hybridized carbons (Fsp3) is 0.600. The first-order valence-corrected chi connectivity index (χ1v) is 5.11. The molecule has 1 heterocycles. The van der Waals surface area contributed by atoms with E-state index in [1.54, 1.807) is 7.11 Å². The molecule has 0 saturated heterocycles. The minimum atomic E-state index is -0.0581. The first-order chi connectivity index (χ1) is 7.72. The zero-order valence-corrected chi connectivity index (χ0v) is 9.58. The van der Waals surface area contributed by atoms with Gasteiger partial charge in [-0.05, 0) is 6.92 Å². The normalized spacial score (nSPS) is 10.4. The number of hydrogen-bond acceptors (Lipinski definition) is 5. The number of carbonyl (C=O) groups is 1. The van der Waals surface area contributed by atoms with Crippen molar-refractivity contribution in [3.8, 4) is 0 Å². The van der Waals surface area contributed by atoms with Crippen molar-refractivity contribution in [1.29, 1.82) is 0 Å². The highest BCUT2D eigenvalue weighted by atomic mass is 16.5. The number of nitrogens with zero attached hydrogens (tertiary/aromatic N) is 1. The predicted molar refractivity (Wildman–Crippen MR) is 57.8 cm³/mol. The monoisotopic (exact) mass is 227 g/mol. The Morgan fingerprint density at radius 1 is 1.62 bits per heavy atom. The van der Waals surface area contributed by atoms with Crippen LogP contribution >= 0.6 is 0 Å². The third kappa shape index (κ3) is 4.90. The molecule has 1 amide bonds. The zero-order valence-electron chi connectivity index (χ0n) is 9.58. The molecule has 0 aliphatic rings. The van der Waals surface area contributed by atoms with Gasteiger partial charge in [0.25, 0.3) is 0 Å². The number of amides is 1. The number of carbonyl (C=O) groups excluding carboxylic acids is 1. The molecule has 1 rings (SSSR count). The number of ether oxygens (including phenoxy) is 1. The first kappa shape index (κ1) is 12.7. The molecule has 0 fully saturated rings. The molecule has 0 radical (unpaired) electrons. The van der Waals surface area contributed by atoms with E-state index in [4.69, 9.17) is 9.26 Å². The van der Waals surface area contributed by atoms with E-state index in [1.165, 1.54) is 0 Å². The van der Waals surface area contributed by atoms with Crippen molar-refractivity contribution in [3.05, 3.63) is 17.5 Å². The largest absolute Gasteiger partial charge is 0.383 e. The van der Waals surface area contributed by atoms with Gasteiger partial charge in [-0.1, -0.05) is 5.16 Å². The third-order valence-electron chi connectivity index (χ3n) is 1.90. The van der Waals surface area contributed by atoms with Gasteiger partial charge in [-0.15, -0.1) is 0 Å². The van der Waals surface area contributed by atoms with Gasteiger partial charge < -0.3 is 19.9 Å². The van der Waals surface area contributed by atoms with Crippen LogP contribution in [0.5, 0.6) is 0 Å². The second-order valence-electron chi connectivity index (χ2n) is 3.38. The van der Waals surface area contributed by atoms with E-state index in [9.17, 15) is 4.79 Å². The Kier molecular flexibility index (Phi) is 5.52. The van der Waals surface area contributed by atoms with E-state index >= 15 is 0 Å². The number of aryl methyl sites for hydroxylation is 1. The van der Waals surface area contributed by atoms with Crippen LogP contribution in [0.4, 0.5) is 0 Å². The molecule has 90 valence electrons. The second kappa shape index (κ2) is 6.97. The molecule has 16 heavy (non-hydrogen) atoms. The van der Waals surface area contributed by atoms with Crippen LogP contribution in [0.2, 0.25) is 0 Å². The lowest BCUT2D eigenvalue weighted by Crippen LogP contribution is -2.35. The molecular weight excluding hydrogens is 210 g/mol. The number of hydrogen-bond donors (Lipinski definition) is 2. The number of methoxy groups -OCH3 is 1. The standard InChI is InChI=1S/C10H17N3O3/c1-8-5-9(13-16-8)6-11-7-10(14)12-3-4-15-2/h5,11H,3-4,6-7H2,1-2H3,(H,12,14). The Labute approximate surface area is 94.3 Å². The minimum Gasteiger partial charge on any atom is -0.383 e. The van der Waals surface area contributed by atoms with E-state index in [0.29, 0.717) is 19.7 Å². The zero-order chi connectivity index (χ0) is 11.8. The van der Waals surface area contributed by atoms with E-state index in [0.717, 1.165) is 11.5 Å². The van der Waals surface area contributed by atoms with Crippen LogP contribution in [0.1, 0.15) is 11.5 Å². The summed E-state index contributed by atoms with van der Waals surface area (Å²) in [5, 5.41) is 9.47. The lowest BCUT2D eigenvalue weighted by molar-refractivity contribution is -0.120. The molecule has 1 aromatic heterocycles. The fourth-order valence-corrected chi connectivity index (χ4v) is 1.16. The third-order valence-corrected chi connectivity index (χ3v) is 1.90. The van der Waals surface area contributed by atoms with Crippen LogP contribution < -0.4 is 10.6 Å². The van der Waals surface area contributed by atoms with Crippen molar-refractivity contribution in [2.24, 2.45) is 0 Å². The van der Waals surface area contributed by atoms with Crippen LogP contribution in [0.25, 0.3) is 0 Å². The molecule has 0 aromatic carbocycles. The van der Waals surface area contributed by atoms with Gasteiger partial charge in [0.1, 0.15) is 5.76 Å². The number of nitrogens with one attached hydrogen (secondary N) is 2. The Morgan fingerprint density at radius 3 is 3.06 bits per heavy atom. The number of rotatable bonds is 7. The van der Waals surface area contributed by atoms with E-state index in [-0.39, 0.29) is 12.5 Å². The van der Waals surface area contributed by atoms with Crippen molar-refractivity contribution in [2.75, 3.05) is 26.8 Å². The van der Waals surface area contributed by atoms with Crippen LogP contribution in [0, 0.1) is 6.92 Å². The summed E-state index contributed by atoms with van der Waals surface area (Å²) in [5.41, 5.74) is 0.794. The Hall–Kier alpha value is -1.40. The van der Waals surface area contributed by atoms with E-state index < -0.39 is 0 Å². The second-order valence-corrected chi connectivity index (χ2v) is 3.38. The van der Waals surface area contributed by atoms with Gasteiger partial charge in [0, 0.05) is 26.3 Å². The van der Waals surface area contributed by atoms with Crippen molar-refractivity contribution >= 4 is 5.91 Å². The molecule has 1 aromatic rings. The molecule has 0 spiro atoms. The van der Waals surface area contributed by atoms with Crippen LogP contribution in [0.3, 0.4) is 0 Å². The van der Waals surface area contributed by atoms with E-state index in [1.807, 2.05) is 13.0 Å².